The minimum atomic E-state index is -0.854. The molecule has 0 saturated carbocycles. The standard InChI is InChI=1S/C11H14N2O2/c1-7-5-9(12)10(13)6-8(7)3-2-4-11(14)15/h2-3,5-6H,4,12-13H2,1H3,(H,14,15). The first-order chi connectivity index (χ1) is 7.00. The second kappa shape index (κ2) is 4.50. The maximum atomic E-state index is 10.3. The molecule has 0 atom stereocenters. The number of carboxylic acid groups (broad SMARTS) is 1. The van der Waals surface area contributed by atoms with E-state index in [0.29, 0.717) is 11.4 Å². The van der Waals surface area contributed by atoms with Gasteiger partial charge in [0, 0.05) is 0 Å². The van der Waals surface area contributed by atoms with Crippen LogP contribution in [0.2, 0.25) is 0 Å². The van der Waals surface area contributed by atoms with Crippen LogP contribution >= 0.6 is 0 Å². The lowest BCUT2D eigenvalue weighted by Gasteiger charge is -2.05. The molecule has 0 saturated heterocycles. The zero-order valence-electron chi connectivity index (χ0n) is 8.53. The molecular formula is C11H14N2O2. The lowest BCUT2D eigenvalue weighted by Crippen LogP contribution is -1.96. The summed E-state index contributed by atoms with van der Waals surface area (Å²) in [4.78, 5) is 10.3. The van der Waals surface area contributed by atoms with Crippen molar-refractivity contribution in [2.75, 3.05) is 11.5 Å². The van der Waals surface area contributed by atoms with Crippen LogP contribution in [0, 0.1) is 6.92 Å². The zero-order valence-corrected chi connectivity index (χ0v) is 8.53. The van der Waals surface area contributed by atoms with Crippen molar-refractivity contribution in [1.29, 1.82) is 0 Å². The molecule has 0 aliphatic heterocycles. The number of nitrogens with two attached hydrogens (primary N) is 2. The highest BCUT2D eigenvalue weighted by Gasteiger charge is 2.00. The molecule has 0 heterocycles. The van der Waals surface area contributed by atoms with E-state index in [-0.39, 0.29) is 6.42 Å². The highest BCUT2D eigenvalue weighted by Crippen LogP contribution is 2.21. The summed E-state index contributed by atoms with van der Waals surface area (Å²) >= 11 is 0. The average molecular weight is 206 g/mol. The van der Waals surface area contributed by atoms with E-state index in [9.17, 15) is 4.79 Å². The van der Waals surface area contributed by atoms with Crippen molar-refractivity contribution in [2.45, 2.75) is 13.3 Å². The number of aliphatic carboxylic acids is 1. The number of carboxylic acids is 1. The van der Waals surface area contributed by atoms with Crippen LogP contribution in [0.25, 0.3) is 6.08 Å². The van der Waals surface area contributed by atoms with Gasteiger partial charge < -0.3 is 16.6 Å². The van der Waals surface area contributed by atoms with Crippen molar-refractivity contribution in [2.24, 2.45) is 0 Å². The minimum absolute atomic E-state index is 0.00369. The molecule has 0 aliphatic rings. The van der Waals surface area contributed by atoms with E-state index in [2.05, 4.69) is 0 Å². The highest BCUT2D eigenvalue weighted by molar-refractivity contribution is 5.73. The number of aryl methyl sites for hydroxylation is 1. The van der Waals surface area contributed by atoms with Gasteiger partial charge in [0.15, 0.2) is 0 Å². The van der Waals surface area contributed by atoms with Gasteiger partial charge in [-0.25, -0.2) is 0 Å². The molecule has 4 heteroatoms. The Hall–Kier alpha value is -1.97. The molecule has 0 aliphatic carbocycles. The van der Waals surface area contributed by atoms with Crippen LogP contribution in [0.4, 0.5) is 11.4 Å². The van der Waals surface area contributed by atoms with Crippen molar-refractivity contribution in [1.82, 2.24) is 0 Å². The molecular weight excluding hydrogens is 192 g/mol. The first-order valence-electron chi connectivity index (χ1n) is 4.54. The molecule has 1 aromatic rings. The number of nitrogen functional groups attached to an aromatic ring is 2. The molecule has 1 rings (SSSR count). The van der Waals surface area contributed by atoms with Crippen molar-refractivity contribution < 1.29 is 9.90 Å². The second-order valence-electron chi connectivity index (χ2n) is 3.34. The number of anilines is 2. The lowest BCUT2D eigenvalue weighted by atomic mass is 10.1. The molecule has 0 aromatic heterocycles. The predicted molar refractivity (Wildman–Crippen MR) is 61.3 cm³/mol. The number of carbonyl (C=O) groups is 1. The van der Waals surface area contributed by atoms with Gasteiger partial charge in [0.25, 0.3) is 0 Å². The number of benzene rings is 1. The van der Waals surface area contributed by atoms with Gasteiger partial charge in [-0.1, -0.05) is 12.2 Å². The Morgan fingerprint density at radius 3 is 2.60 bits per heavy atom. The summed E-state index contributed by atoms with van der Waals surface area (Å²) in [5.74, 6) is -0.854. The largest absolute Gasteiger partial charge is 0.481 e. The minimum Gasteiger partial charge on any atom is -0.481 e. The summed E-state index contributed by atoms with van der Waals surface area (Å²) in [5.41, 5.74) is 14.2. The molecule has 0 fully saturated rings. The van der Waals surface area contributed by atoms with Gasteiger partial charge in [0.1, 0.15) is 0 Å². The van der Waals surface area contributed by atoms with Crippen LogP contribution in [0.1, 0.15) is 17.5 Å². The Bertz CT molecular complexity index is 411. The van der Waals surface area contributed by atoms with E-state index >= 15 is 0 Å². The van der Waals surface area contributed by atoms with Gasteiger partial charge in [-0.3, -0.25) is 4.79 Å². The Labute approximate surface area is 88.2 Å². The van der Waals surface area contributed by atoms with E-state index in [1.54, 1.807) is 24.3 Å². The van der Waals surface area contributed by atoms with Gasteiger partial charge in [-0.15, -0.1) is 0 Å². The monoisotopic (exact) mass is 206 g/mol. The number of hydrogen-bond acceptors (Lipinski definition) is 3. The summed E-state index contributed by atoms with van der Waals surface area (Å²) in [6, 6.07) is 3.51. The van der Waals surface area contributed by atoms with Gasteiger partial charge in [0.05, 0.1) is 17.8 Å². The quantitative estimate of drug-likeness (QED) is 0.656. The summed E-state index contributed by atoms with van der Waals surface area (Å²) in [7, 11) is 0. The van der Waals surface area contributed by atoms with Crippen LogP contribution < -0.4 is 11.5 Å². The van der Waals surface area contributed by atoms with E-state index in [0.717, 1.165) is 11.1 Å². The van der Waals surface area contributed by atoms with Crippen molar-refractivity contribution in [3.63, 3.8) is 0 Å². The summed E-state index contributed by atoms with van der Waals surface area (Å²) in [5, 5.41) is 8.46. The molecule has 80 valence electrons. The first-order valence-corrected chi connectivity index (χ1v) is 4.54. The van der Waals surface area contributed by atoms with Crippen LogP contribution in [-0.2, 0) is 4.79 Å². The van der Waals surface area contributed by atoms with Gasteiger partial charge >= 0.3 is 5.97 Å². The molecule has 5 N–H and O–H groups in total. The van der Waals surface area contributed by atoms with Crippen LogP contribution in [-0.4, -0.2) is 11.1 Å². The molecule has 0 bridgehead atoms. The fourth-order valence-electron chi connectivity index (χ4n) is 1.23. The Balaban J connectivity index is 2.90. The summed E-state index contributed by atoms with van der Waals surface area (Å²) < 4.78 is 0. The molecule has 0 amide bonds. The average Bonchev–Trinajstić information content (AvgIpc) is 2.13. The predicted octanol–water partition coefficient (Wildman–Crippen LogP) is 1.65. The SMILES string of the molecule is Cc1cc(N)c(N)cc1C=CCC(=O)O. The smallest absolute Gasteiger partial charge is 0.307 e. The molecule has 15 heavy (non-hydrogen) atoms. The molecule has 4 nitrogen and oxygen atoms in total. The fourth-order valence-corrected chi connectivity index (χ4v) is 1.23. The van der Waals surface area contributed by atoms with Crippen molar-refractivity contribution >= 4 is 23.4 Å². The Morgan fingerprint density at radius 1 is 1.40 bits per heavy atom. The van der Waals surface area contributed by atoms with Gasteiger partial charge in [-0.2, -0.15) is 0 Å². The van der Waals surface area contributed by atoms with Crippen LogP contribution in [0.3, 0.4) is 0 Å². The normalized spacial score (nSPS) is 10.7. The molecule has 0 spiro atoms. The molecule has 0 radical (unpaired) electrons. The summed E-state index contributed by atoms with van der Waals surface area (Å²) in [6.45, 7) is 1.90. The van der Waals surface area contributed by atoms with Crippen molar-refractivity contribution in [3.05, 3.63) is 29.3 Å². The molecule has 1 aromatic carbocycles. The van der Waals surface area contributed by atoms with E-state index in [4.69, 9.17) is 16.6 Å². The van der Waals surface area contributed by atoms with Gasteiger partial charge in [-0.05, 0) is 30.2 Å². The Kier molecular flexibility index (Phi) is 3.33. The summed E-state index contributed by atoms with van der Waals surface area (Å²) in [6.07, 6.45) is 3.32. The highest BCUT2D eigenvalue weighted by atomic mass is 16.4. The fraction of sp³-hybridized carbons (Fsp3) is 0.182. The van der Waals surface area contributed by atoms with E-state index < -0.39 is 5.97 Å². The third kappa shape index (κ3) is 3.02. The second-order valence-corrected chi connectivity index (χ2v) is 3.34. The molecule has 0 unspecified atom stereocenters. The van der Waals surface area contributed by atoms with E-state index in [1.807, 2.05) is 6.92 Å². The van der Waals surface area contributed by atoms with Crippen molar-refractivity contribution in [3.8, 4) is 0 Å². The van der Waals surface area contributed by atoms with E-state index in [1.165, 1.54) is 0 Å². The number of hydrogen-bond donors (Lipinski definition) is 3. The van der Waals surface area contributed by atoms with Crippen LogP contribution in [0.5, 0.6) is 0 Å². The Morgan fingerprint density at radius 2 is 2.00 bits per heavy atom. The zero-order chi connectivity index (χ0) is 11.4. The van der Waals surface area contributed by atoms with Crippen LogP contribution in [0.15, 0.2) is 18.2 Å². The topological polar surface area (TPSA) is 89.3 Å². The first kappa shape index (κ1) is 11.1. The lowest BCUT2D eigenvalue weighted by molar-refractivity contribution is -0.135. The maximum Gasteiger partial charge on any atom is 0.307 e. The number of rotatable bonds is 3. The maximum absolute atomic E-state index is 10.3. The third-order valence-electron chi connectivity index (χ3n) is 2.06. The third-order valence-corrected chi connectivity index (χ3v) is 2.06. The van der Waals surface area contributed by atoms with Gasteiger partial charge in [0.2, 0.25) is 0 Å².